The summed E-state index contributed by atoms with van der Waals surface area (Å²) in [6.45, 7) is 2.20. The van der Waals surface area contributed by atoms with Gasteiger partial charge in [0.1, 0.15) is 0 Å². The van der Waals surface area contributed by atoms with Crippen molar-refractivity contribution in [2.24, 2.45) is 5.73 Å². The molecule has 0 heterocycles. The van der Waals surface area contributed by atoms with Gasteiger partial charge in [-0.3, -0.25) is 0 Å². The van der Waals surface area contributed by atoms with Gasteiger partial charge in [0, 0.05) is 6.54 Å². The van der Waals surface area contributed by atoms with Crippen molar-refractivity contribution in [3.05, 3.63) is 29.1 Å². The Morgan fingerprint density at radius 1 is 1.50 bits per heavy atom. The van der Waals surface area contributed by atoms with E-state index >= 15 is 0 Å². The van der Waals surface area contributed by atoms with Crippen molar-refractivity contribution in [3.8, 4) is 5.75 Å². The first-order chi connectivity index (χ1) is 5.70. The molecular formula is C9H12FNO. The molecule has 0 spiro atoms. The normalized spacial score (nSPS) is 10.0. The fourth-order valence-corrected chi connectivity index (χ4v) is 1.17. The van der Waals surface area contributed by atoms with Crippen LogP contribution in [0.4, 0.5) is 4.39 Å². The maximum absolute atomic E-state index is 13.0. The zero-order valence-corrected chi connectivity index (χ0v) is 7.23. The van der Waals surface area contributed by atoms with Gasteiger partial charge in [-0.1, -0.05) is 6.07 Å². The molecule has 0 saturated heterocycles. The molecule has 0 aromatic heterocycles. The molecule has 0 bridgehead atoms. The van der Waals surface area contributed by atoms with Crippen molar-refractivity contribution in [1.29, 1.82) is 0 Å². The molecule has 0 atom stereocenters. The van der Waals surface area contributed by atoms with E-state index < -0.39 is 0 Å². The van der Waals surface area contributed by atoms with Gasteiger partial charge in [-0.2, -0.15) is 0 Å². The number of methoxy groups -OCH3 is 1. The van der Waals surface area contributed by atoms with Gasteiger partial charge >= 0.3 is 0 Å². The number of hydrogen-bond donors (Lipinski definition) is 1. The average molecular weight is 169 g/mol. The molecule has 0 amide bonds. The zero-order chi connectivity index (χ0) is 9.14. The van der Waals surface area contributed by atoms with Crippen LogP contribution in [0.3, 0.4) is 0 Å². The Bertz CT molecular complexity index is 286. The maximum atomic E-state index is 13.0. The third-order valence-electron chi connectivity index (χ3n) is 1.89. The Balaban J connectivity index is 3.24. The van der Waals surface area contributed by atoms with Crippen LogP contribution in [0.15, 0.2) is 12.1 Å². The number of nitrogens with two attached hydrogens (primary N) is 1. The van der Waals surface area contributed by atoms with Gasteiger partial charge in [0.15, 0.2) is 11.6 Å². The lowest BCUT2D eigenvalue weighted by Gasteiger charge is -2.09. The Labute approximate surface area is 71.1 Å². The van der Waals surface area contributed by atoms with E-state index in [0.717, 1.165) is 11.1 Å². The van der Waals surface area contributed by atoms with Gasteiger partial charge in [0.05, 0.1) is 7.11 Å². The molecule has 0 fully saturated rings. The van der Waals surface area contributed by atoms with Gasteiger partial charge in [-0.25, -0.2) is 4.39 Å². The maximum Gasteiger partial charge on any atom is 0.165 e. The third kappa shape index (κ3) is 1.41. The zero-order valence-electron chi connectivity index (χ0n) is 7.23. The molecular weight excluding hydrogens is 157 g/mol. The monoisotopic (exact) mass is 169 g/mol. The van der Waals surface area contributed by atoms with Crippen LogP contribution in [0.5, 0.6) is 5.75 Å². The molecule has 1 rings (SSSR count). The van der Waals surface area contributed by atoms with E-state index in [1.54, 1.807) is 13.0 Å². The van der Waals surface area contributed by atoms with Crippen molar-refractivity contribution in [3.63, 3.8) is 0 Å². The molecule has 1 aromatic carbocycles. The molecule has 0 aliphatic rings. The van der Waals surface area contributed by atoms with Crippen LogP contribution in [-0.2, 0) is 6.54 Å². The molecule has 0 saturated carbocycles. The highest BCUT2D eigenvalue weighted by molar-refractivity contribution is 5.40. The van der Waals surface area contributed by atoms with Crippen LogP contribution in [0, 0.1) is 12.7 Å². The van der Waals surface area contributed by atoms with Crippen molar-refractivity contribution < 1.29 is 9.13 Å². The van der Waals surface area contributed by atoms with E-state index in [1.807, 2.05) is 0 Å². The van der Waals surface area contributed by atoms with E-state index in [1.165, 1.54) is 13.2 Å². The van der Waals surface area contributed by atoms with Crippen molar-refractivity contribution in [2.75, 3.05) is 7.11 Å². The summed E-state index contributed by atoms with van der Waals surface area (Å²) in [5, 5.41) is 0. The van der Waals surface area contributed by atoms with Crippen molar-refractivity contribution in [1.82, 2.24) is 0 Å². The molecule has 0 unspecified atom stereocenters. The van der Waals surface area contributed by atoms with Gasteiger partial charge < -0.3 is 10.5 Å². The van der Waals surface area contributed by atoms with E-state index in [0.29, 0.717) is 6.54 Å². The van der Waals surface area contributed by atoms with Crippen molar-refractivity contribution >= 4 is 0 Å². The van der Waals surface area contributed by atoms with Crippen LogP contribution in [0.25, 0.3) is 0 Å². The first kappa shape index (κ1) is 9.00. The summed E-state index contributed by atoms with van der Waals surface area (Å²) in [6.07, 6.45) is 0. The minimum atomic E-state index is -0.341. The van der Waals surface area contributed by atoms with Gasteiger partial charge in [-0.15, -0.1) is 0 Å². The van der Waals surface area contributed by atoms with Crippen molar-refractivity contribution in [2.45, 2.75) is 13.5 Å². The quantitative estimate of drug-likeness (QED) is 0.729. The third-order valence-corrected chi connectivity index (χ3v) is 1.89. The van der Waals surface area contributed by atoms with Crippen LogP contribution in [0.2, 0.25) is 0 Å². The number of rotatable bonds is 2. The topological polar surface area (TPSA) is 35.2 Å². The highest BCUT2D eigenvalue weighted by Gasteiger charge is 2.08. The Hall–Kier alpha value is -1.09. The average Bonchev–Trinajstić information content (AvgIpc) is 2.06. The van der Waals surface area contributed by atoms with Crippen LogP contribution in [-0.4, -0.2) is 7.11 Å². The minimum Gasteiger partial charge on any atom is -0.493 e. The van der Waals surface area contributed by atoms with Crippen LogP contribution < -0.4 is 10.5 Å². The first-order valence-electron chi connectivity index (χ1n) is 3.72. The summed E-state index contributed by atoms with van der Waals surface area (Å²) in [7, 11) is 1.45. The minimum absolute atomic E-state index is 0.290. The number of ether oxygens (including phenoxy) is 1. The van der Waals surface area contributed by atoms with Crippen LogP contribution in [0.1, 0.15) is 11.1 Å². The molecule has 0 aliphatic carbocycles. The smallest absolute Gasteiger partial charge is 0.165 e. The first-order valence-corrected chi connectivity index (χ1v) is 3.72. The largest absolute Gasteiger partial charge is 0.493 e. The second-order valence-corrected chi connectivity index (χ2v) is 2.57. The highest BCUT2D eigenvalue weighted by atomic mass is 19.1. The molecule has 2 nitrogen and oxygen atoms in total. The predicted molar refractivity (Wildman–Crippen MR) is 45.6 cm³/mol. The summed E-state index contributed by atoms with van der Waals surface area (Å²) in [5.41, 5.74) is 7.13. The highest BCUT2D eigenvalue weighted by Crippen LogP contribution is 2.24. The van der Waals surface area contributed by atoms with E-state index in [2.05, 4.69) is 0 Å². The summed E-state index contributed by atoms with van der Waals surface area (Å²) in [5.74, 6) is -0.0508. The number of benzene rings is 1. The second-order valence-electron chi connectivity index (χ2n) is 2.57. The molecule has 2 N–H and O–H groups in total. The molecule has 1 aromatic rings. The standard InChI is InChI=1S/C9H12FNO/c1-6-7(5-11)3-4-8(10)9(6)12-2/h3-4H,5,11H2,1-2H3. The van der Waals surface area contributed by atoms with E-state index in [9.17, 15) is 4.39 Å². The summed E-state index contributed by atoms with van der Waals surface area (Å²) >= 11 is 0. The molecule has 0 radical (unpaired) electrons. The number of halogens is 1. The Morgan fingerprint density at radius 2 is 2.17 bits per heavy atom. The lowest BCUT2D eigenvalue weighted by molar-refractivity contribution is 0.382. The Morgan fingerprint density at radius 3 is 2.67 bits per heavy atom. The summed E-state index contributed by atoms with van der Waals surface area (Å²) in [4.78, 5) is 0. The van der Waals surface area contributed by atoms with Gasteiger partial charge in [0.25, 0.3) is 0 Å². The SMILES string of the molecule is COc1c(F)ccc(CN)c1C. The van der Waals surface area contributed by atoms with Gasteiger partial charge in [0.2, 0.25) is 0 Å². The Kier molecular flexibility index (Phi) is 2.65. The lowest BCUT2D eigenvalue weighted by Crippen LogP contribution is -2.02. The van der Waals surface area contributed by atoms with Crippen LogP contribution >= 0.6 is 0 Å². The fraction of sp³-hybridized carbons (Fsp3) is 0.333. The lowest BCUT2D eigenvalue weighted by atomic mass is 10.1. The summed E-state index contributed by atoms with van der Waals surface area (Å²) in [6, 6.07) is 3.04. The molecule has 12 heavy (non-hydrogen) atoms. The molecule has 0 aliphatic heterocycles. The summed E-state index contributed by atoms with van der Waals surface area (Å²) < 4.78 is 17.9. The second kappa shape index (κ2) is 3.54. The van der Waals surface area contributed by atoms with E-state index in [-0.39, 0.29) is 11.6 Å². The molecule has 66 valence electrons. The molecule has 3 heteroatoms. The van der Waals surface area contributed by atoms with E-state index in [4.69, 9.17) is 10.5 Å². The number of hydrogen-bond acceptors (Lipinski definition) is 2. The predicted octanol–water partition coefficient (Wildman–Crippen LogP) is 1.60. The fourth-order valence-electron chi connectivity index (χ4n) is 1.17. The van der Waals surface area contributed by atoms with Gasteiger partial charge in [-0.05, 0) is 24.1 Å².